The maximum Gasteiger partial charge on any atom is 0.252 e. The van der Waals surface area contributed by atoms with E-state index in [4.69, 9.17) is 0 Å². The lowest BCUT2D eigenvalue weighted by molar-refractivity contribution is -0.706. The predicted molar refractivity (Wildman–Crippen MR) is 71.7 cm³/mol. The van der Waals surface area contributed by atoms with Crippen LogP contribution in [-0.4, -0.2) is 9.13 Å². The topological polar surface area (TPSA) is 17.6 Å². The lowest BCUT2D eigenvalue weighted by Gasteiger charge is -1.96. The molecule has 0 fully saturated rings. The Labute approximate surface area is 112 Å². The molecule has 4 nitrogen and oxygen atoms in total. The number of hydrogen-bond donors (Lipinski definition) is 0. The van der Waals surface area contributed by atoms with E-state index < -0.39 is 0 Å². The van der Waals surface area contributed by atoms with Crippen molar-refractivity contribution in [3.63, 3.8) is 0 Å². The zero-order valence-corrected chi connectivity index (χ0v) is 11.3. The number of benzene rings is 1. The second kappa shape index (κ2) is 4.72. The maximum absolute atomic E-state index is 2.15. The van der Waals surface area contributed by atoms with Gasteiger partial charge in [-0.3, -0.25) is 0 Å². The number of rotatable bonds is 3. The van der Waals surface area contributed by atoms with Crippen molar-refractivity contribution in [3.8, 4) is 5.69 Å². The standard InChI is InChI=1S/C15H18N4/c1-14-3-5-15(6-4-14)19-10-9-18(13-19)12-17-8-7-16(2)11-17/h3-11,13H,12H2,1-2H3/q+2. The van der Waals surface area contributed by atoms with Crippen LogP contribution in [0.2, 0.25) is 0 Å². The van der Waals surface area contributed by atoms with Gasteiger partial charge in [-0.15, -0.1) is 0 Å². The molecule has 19 heavy (non-hydrogen) atoms. The molecule has 0 aliphatic carbocycles. The summed E-state index contributed by atoms with van der Waals surface area (Å²) in [7, 11) is 2.03. The Hall–Kier alpha value is -2.36. The fourth-order valence-corrected chi connectivity index (χ4v) is 2.12. The van der Waals surface area contributed by atoms with Gasteiger partial charge in [0, 0.05) is 0 Å². The van der Waals surface area contributed by atoms with E-state index in [1.54, 1.807) is 0 Å². The van der Waals surface area contributed by atoms with Crippen LogP contribution in [-0.2, 0) is 13.7 Å². The molecular formula is C15H18N4+2. The van der Waals surface area contributed by atoms with Crippen LogP contribution in [0.25, 0.3) is 5.69 Å². The van der Waals surface area contributed by atoms with Gasteiger partial charge in [-0.2, -0.15) is 9.13 Å². The Morgan fingerprint density at radius 2 is 1.79 bits per heavy atom. The average Bonchev–Trinajstić information content (AvgIpc) is 3.00. The molecule has 4 heteroatoms. The van der Waals surface area contributed by atoms with Crippen LogP contribution in [0.3, 0.4) is 0 Å². The summed E-state index contributed by atoms with van der Waals surface area (Å²) in [5, 5.41) is 0. The molecule has 3 rings (SSSR count). The van der Waals surface area contributed by atoms with E-state index in [2.05, 4.69) is 76.1 Å². The summed E-state index contributed by atoms with van der Waals surface area (Å²) in [4.78, 5) is 0. The van der Waals surface area contributed by atoms with Crippen LogP contribution < -0.4 is 9.13 Å². The SMILES string of the molecule is Cc1ccc(-n2cc[n+](Cn3cc[n+](C)c3)c2)cc1. The molecule has 0 aliphatic rings. The third-order valence-electron chi connectivity index (χ3n) is 3.17. The third kappa shape index (κ3) is 2.57. The van der Waals surface area contributed by atoms with E-state index in [9.17, 15) is 0 Å². The van der Waals surface area contributed by atoms with Crippen LogP contribution in [0, 0.1) is 6.92 Å². The van der Waals surface area contributed by atoms with E-state index >= 15 is 0 Å². The summed E-state index contributed by atoms with van der Waals surface area (Å²) in [5.74, 6) is 0. The van der Waals surface area contributed by atoms with Gasteiger partial charge in [-0.1, -0.05) is 17.7 Å². The van der Waals surface area contributed by atoms with Crippen LogP contribution in [0.1, 0.15) is 5.56 Å². The Bertz CT molecular complexity index is 676. The van der Waals surface area contributed by atoms with Crippen molar-refractivity contribution >= 4 is 0 Å². The molecule has 0 spiro atoms. The summed E-state index contributed by atoms with van der Waals surface area (Å²) < 4.78 is 8.46. The molecule has 0 aliphatic heterocycles. The molecule has 0 amide bonds. The van der Waals surface area contributed by atoms with Crippen molar-refractivity contribution in [3.05, 3.63) is 67.3 Å². The highest BCUT2D eigenvalue weighted by Crippen LogP contribution is 2.07. The first kappa shape index (κ1) is 11.7. The number of aryl methyl sites for hydroxylation is 2. The highest BCUT2D eigenvalue weighted by molar-refractivity contribution is 5.33. The van der Waals surface area contributed by atoms with Crippen LogP contribution in [0.4, 0.5) is 0 Å². The number of nitrogens with zero attached hydrogens (tertiary/aromatic N) is 4. The van der Waals surface area contributed by atoms with Gasteiger partial charge >= 0.3 is 0 Å². The molecule has 2 heterocycles. The molecular weight excluding hydrogens is 236 g/mol. The van der Waals surface area contributed by atoms with Gasteiger partial charge in [0.05, 0.1) is 7.05 Å². The normalized spacial score (nSPS) is 10.8. The molecule has 96 valence electrons. The number of imidazole rings is 2. The van der Waals surface area contributed by atoms with E-state index in [0.29, 0.717) is 0 Å². The Morgan fingerprint density at radius 1 is 1.00 bits per heavy atom. The van der Waals surface area contributed by atoms with Crippen molar-refractivity contribution in [1.82, 2.24) is 9.13 Å². The van der Waals surface area contributed by atoms with Gasteiger partial charge < -0.3 is 0 Å². The zero-order chi connectivity index (χ0) is 13.2. The first-order valence-corrected chi connectivity index (χ1v) is 6.36. The van der Waals surface area contributed by atoms with E-state index in [1.165, 1.54) is 11.3 Å². The second-order valence-electron chi connectivity index (χ2n) is 4.91. The molecule has 0 bridgehead atoms. The van der Waals surface area contributed by atoms with Gasteiger partial charge in [0.15, 0.2) is 0 Å². The molecule has 0 N–H and O–H groups in total. The van der Waals surface area contributed by atoms with Crippen LogP contribution in [0.5, 0.6) is 0 Å². The van der Waals surface area contributed by atoms with Gasteiger partial charge in [0.1, 0.15) is 30.5 Å². The molecule has 1 aromatic carbocycles. The van der Waals surface area contributed by atoms with Crippen LogP contribution in [0.15, 0.2) is 61.7 Å². The second-order valence-corrected chi connectivity index (χ2v) is 4.91. The minimum absolute atomic E-state index is 0.819. The Balaban J connectivity index is 1.81. The number of hydrogen-bond acceptors (Lipinski definition) is 0. The smallest absolute Gasteiger partial charge is 0.239 e. The lowest BCUT2D eigenvalue weighted by Crippen LogP contribution is -2.35. The summed E-state index contributed by atoms with van der Waals surface area (Å²) in [6, 6.07) is 8.53. The largest absolute Gasteiger partial charge is 0.252 e. The van der Waals surface area contributed by atoms with E-state index in [-0.39, 0.29) is 0 Å². The highest BCUT2D eigenvalue weighted by atomic mass is 15.2. The van der Waals surface area contributed by atoms with Crippen molar-refractivity contribution in [1.29, 1.82) is 0 Å². The first-order valence-electron chi connectivity index (χ1n) is 6.36. The van der Waals surface area contributed by atoms with Gasteiger partial charge in [-0.05, 0) is 19.1 Å². The van der Waals surface area contributed by atoms with Crippen molar-refractivity contribution in [2.24, 2.45) is 7.05 Å². The molecule has 0 unspecified atom stereocenters. The number of aromatic nitrogens is 4. The van der Waals surface area contributed by atoms with Crippen molar-refractivity contribution < 1.29 is 9.13 Å². The fraction of sp³-hybridized carbons (Fsp3) is 0.200. The molecule has 0 saturated carbocycles. The summed E-state index contributed by atoms with van der Waals surface area (Å²) in [5.41, 5.74) is 2.46. The Morgan fingerprint density at radius 3 is 2.47 bits per heavy atom. The predicted octanol–water partition coefficient (Wildman–Crippen LogP) is 1.21. The zero-order valence-electron chi connectivity index (χ0n) is 11.3. The monoisotopic (exact) mass is 254 g/mol. The average molecular weight is 254 g/mol. The lowest BCUT2D eigenvalue weighted by atomic mass is 10.2. The van der Waals surface area contributed by atoms with Crippen LogP contribution >= 0.6 is 0 Å². The molecule has 0 saturated heterocycles. The molecule has 2 aromatic heterocycles. The third-order valence-corrected chi connectivity index (χ3v) is 3.17. The van der Waals surface area contributed by atoms with E-state index in [0.717, 1.165) is 6.67 Å². The fourth-order valence-electron chi connectivity index (χ4n) is 2.12. The Kier molecular flexibility index (Phi) is 2.91. The molecule has 3 aromatic rings. The van der Waals surface area contributed by atoms with Gasteiger partial charge in [0.2, 0.25) is 13.0 Å². The van der Waals surface area contributed by atoms with E-state index in [1.807, 2.05) is 17.8 Å². The highest BCUT2D eigenvalue weighted by Gasteiger charge is 2.09. The summed E-state index contributed by atoms with van der Waals surface area (Å²) in [6.45, 7) is 2.92. The first-order chi connectivity index (χ1) is 9.20. The van der Waals surface area contributed by atoms with Crippen molar-refractivity contribution in [2.75, 3.05) is 0 Å². The summed E-state index contributed by atoms with van der Waals surface area (Å²) >= 11 is 0. The maximum atomic E-state index is 2.15. The minimum Gasteiger partial charge on any atom is -0.239 e. The van der Waals surface area contributed by atoms with Gasteiger partial charge in [0.25, 0.3) is 6.33 Å². The molecule has 0 atom stereocenters. The quantitative estimate of drug-likeness (QED) is 0.625. The van der Waals surface area contributed by atoms with Crippen molar-refractivity contribution in [2.45, 2.75) is 13.6 Å². The van der Waals surface area contributed by atoms with Gasteiger partial charge in [-0.25, -0.2) is 9.13 Å². The minimum atomic E-state index is 0.819. The summed E-state index contributed by atoms with van der Waals surface area (Å²) in [6.07, 6.45) is 12.4. The molecule has 0 radical (unpaired) electrons.